The third-order valence-corrected chi connectivity index (χ3v) is 4.36. The molecule has 1 amide bonds. The molecule has 0 saturated heterocycles. The first kappa shape index (κ1) is 19.0. The first-order valence-electron chi connectivity index (χ1n) is 9.07. The van der Waals surface area contributed by atoms with Crippen LogP contribution in [0.25, 0.3) is 0 Å². The van der Waals surface area contributed by atoms with Crippen LogP contribution in [-0.2, 0) is 11.2 Å². The second-order valence-corrected chi connectivity index (χ2v) is 6.72. The van der Waals surface area contributed by atoms with Gasteiger partial charge in [0.15, 0.2) is 6.10 Å². The molecule has 0 bridgehead atoms. The highest BCUT2D eigenvalue weighted by atomic mass is 16.5. The quantitative estimate of drug-likeness (QED) is 0.763. The molecule has 0 aliphatic heterocycles. The predicted molar refractivity (Wildman–Crippen MR) is 103 cm³/mol. The summed E-state index contributed by atoms with van der Waals surface area (Å²) in [7, 11) is 0. The number of nitrogens with one attached hydrogen (secondary N) is 1. The Bertz CT molecular complexity index is 682. The Labute approximate surface area is 151 Å². The summed E-state index contributed by atoms with van der Waals surface area (Å²) in [5.74, 6) is 0.743. The van der Waals surface area contributed by atoms with Crippen LogP contribution >= 0.6 is 0 Å². The summed E-state index contributed by atoms with van der Waals surface area (Å²) >= 11 is 0. The maximum absolute atomic E-state index is 12.5. The minimum absolute atomic E-state index is 0.0389. The number of benzene rings is 2. The lowest BCUT2D eigenvalue weighted by Gasteiger charge is -2.21. The van der Waals surface area contributed by atoms with E-state index in [0.717, 1.165) is 24.2 Å². The van der Waals surface area contributed by atoms with Gasteiger partial charge >= 0.3 is 0 Å². The minimum Gasteiger partial charge on any atom is -0.480 e. The zero-order chi connectivity index (χ0) is 18.2. The van der Waals surface area contributed by atoms with Gasteiger partial charge in [0.2, 0.25) is 0 Å². The Kier molecular flexibility index (Phi) is 7.05. The molecule has 0 radical (unpaired) electrons. The molecule has 3 heteroatoms. The number of carbonyl (C=O) groups excluding carboxylic acids is 1. The molecule has 0 spiro atoms. The third kappa shape index (κ3) is 5.93. The van der Waals surface area contributed by atoms with E-state index >= 15 is 0 Å². The number of ether oxygens (including phenoxy) is 1. The van der Waals surface area contributed by atoms with Crippen molar-refractivity contribution in [3.8, 4) is 5.75 Å². The zero-order valence-corrected chi connectivity index (χ0v) is 15.7. The summed E-state index contributed by atoms with van der Waals surface area (Å²) in [5.41, 5.74) is 3.54. The van der Waals surface area contributed by atoms with Crippen molar-refractivity contribution in [2.24, 2.45) is 0 Å². The van der Waals surface area contributed by atoms with Gasteiger partial charge in [0.1, 0.15) is 5.75 Å². The van der Waals surface area contributed by atoms with E-state index in [0.29, 0.717) is 6.42 Å². The van der Waals surface area contributed by atoms with Crippen molar-refractivity contribution in [2.45, 2.75) is 59.1 Å². The van der Waals surface area contributed by atoms with Crippen LogP contribution in [0.5, 0.6) is 5.75 Å². The topological polar surface area (TPSA) is 38.3 Å². The molecule has 0 fully saturated rings. The predicted octanol–water partition coefficient (Wildman–Crippen LogP) is 4.60. The molecule has 25 heavy (non-hydrogen) atoms. The van der Waals surface area contributed by atoms with E-state index in [4.69, 9.17) is 4.74 Å². The lowest BCUT2D eigenvalue weighted by atomic mass is 10.1. The molecular formula is C22H29NO2. The van der Waals surface area contributed by atoms with Crippen molar-refractivity contribution in [2.75, 3.05) is 0 Å². The van der Waals surface area contributed by atoms with Gasteiger partial charge in [0.25, 0.3) is 5.91 Å². The van der Waals surface area contributed by atoms with Gasteiger partial charge in [-0.2, -0.15) is 0 Å². The van der Waals surface area contributed by atoms with Crippen LogP contribution in [0, 0.1) is 13.8 Å². The molecule has 0 heterocycles. The van der Waals surface area contributed by atoms with E-state index in [1.165, 1.54) is 11.1 Å². The lowest BCUT2D eigenvalue weighted by Crippen LogP contribution is -2.42. The van der Waals surface area contributed by atoms with E-state index in [-0.39, 0.29) is 11.9 Å². The van der Waals surface area contributed by atoms with Crippen LogP contribution in [0.2, 0.25) is 0 Å². The second-order valence-electron chi connectivity index (χ2n) is 6.72. The monoisotopic (exact) mass is 339 g/mol. The average Bonchev–Trinajstić information content (AvgIpc) is 2.60. The first-order chi connectivity index (χ1) is 12.0. The fourth-order valence-corrected chi connectivity index (χ4v) is 2.84. The van der Waals surface area contributed by atoms with Gasteiger partial charge < -0.3 is 10.1 Å². The molecule has 3 nitrogen and oxygen atoms in total. The summed E-state index contributed by atoms with van der Waals surface area (Å²) in [5, 5.41) is 3.09. The van der Waals surface area contributed by atoms with Gasteiger partial charge in [0.05, 0.1) is 0 Å². The fourth-order valence-electron chi connectivity index (χ4n) is 2.84. The van der Waals surface area contributed by atoms with Gasteiger partial charge in [-0.25, -0.2) is 0 Å². The smallest absolute Gasteiger partial charge is 0.261 e. The number of aryl methyl sites for hydroxylation is 3. The Balaban J connectivity index is 1.88. The molecule has 2 unspecified atom stereocenters. The molecule has 2 aromatic rings. The molecule has 2 aromatic carbocycles. The second kappa shape index (κ2) is 9.26. The van der Waals surface area contributed by atoms with E-state index in [9.17, 15) is 4.79 Å². The molecule has 0 saturated carbocycles. The average molecular weight is 339 g/mol. The van der Waals surface area contributed by atoms with Crippen molar-refractivity contribution in [3.63, 3.8) is 0 Å². The normalized spacial score (nSPS) is 13.1. The van der Waals surface area contributed by atoms with Crippen molar-refractivity contribution in [1.29, 1.82) is 0 Å². The molecular weight excluding hydrogens is 310 g/mol. The van der Waals surface area contributed by atoms with Gasteiger partial charge in [-0.15, -0.1) is 0 Å². The number of amides is 1. The van der Waals surface area contributed by atoms with E-state index < -0.39 is 6.10 Å². The number of rotatable bonds is 8. The van der Waals surface area contributed by atoms with Crippen LogP contribution < -0.4 is 10.1 Å². The number of carbonyl (C=O) groups is 1. The summed E-state index contributed by atoms with van der Waals surface area (Å²) < 4.78 is 5.96. The molecule has 0 aliphatic rings. The molecule has 1 N–H and O–H groups in total. The maximum Gasteiger partial charge on any atom is 0.261 e. The molecule has 0 aliphatic carbocycles. The Morgan fingerprint density at radius 2 is 1.84 bits per heavy atom. The highest BCUT2D eigenvalue weighted by Gasteiger charge is 2.20. The summed E-state index contributed by atoms with van der Waals surface area (Å²) in [6.45, 7) is 8.08. The van der Waals surface area contributed by atoms with Gasteiger partial charge in [-0.1, -0.05) is 55.0 Å². The van der Waals surface area contributed by atoms with Crippen LogP contribution in [0.1, 0.15) is 43.4 Å². The largest absolute Gasteiger partial charge is 0.480 e. The Morgan fingerprint density at radius 3 is 2.48 bits per heavy atom. The van der Waals surface area contributed by atoms with Crippen LogP contribution in [-0.4, -0.2) is 18.1 Å². The SMILES string of the molecule is CCC(Oc1ccc(C)cc1C)C(=O)NC(C)CCc1ccccc1. The zero-order valence-electron chi connectivity index (χ0n) is 15.7. The van der Waals surface area contributed by atoms with Gasteiger partial charge in [-0.3, -0.25) is 4.79 Å². The molecule has 134 valence electrons. The maximum atomic E-state index is 12.5. The van der Waals surface area contributed by atoms with Gasteiger partial charge in [-0.05, 0) is 57.2 Å². The lowest BCUT2D eigenvalue weighted by molar-refractivity contribution is -0.128. The van der Waals surface area contributed by atoms with Crippen LogP contribution in [0.4, 0.5) is 0 Å². The minimum atomic E-state index is -0.458. The molecule has 2 rings (SSSR count). The van der Waals surface area contributed by atoms with Crippen LogP contribution in [0.3, 0.4) is 0 Å². The summed E-state index contributed by atoms with van der Waals surface area (Å²) in [6, 6.07) is 16.5. The highest BCUT2D eigenvalue weighted by Crippen LogP contribution is 2.21. The van der Waals surface area contributed by atoms with Crippen molar-refractivity contribution in [1.82, 2.24) is 5.32 Å². The van der Waals surface area contributed by atoms with Crippen LogP contribution in [0.15, 0.2) is 48.5 Å². The van der Waals surface area contributed by atoms with Crippen molar-refractivity contribution >= 4 is 5.91 Å². The van der Waals surface area contributed by atoms with E-state index in [1.54, 1.807) is 0 Å². The highest BCUT2D eigenvalue weighted by molar-refractivity contribution is 5.81. The molecule has 2 atom stereocenters. The van der Waals surface area contributed by atoms with E-state index in [2.05, 4.69) is 30.4 Å². The standard InChI is InChI=1S/C22H29NO2/c1-5-20(25-21-14-11-16(2)15-17(21)3)22(24)23-18(4)12-13-19-9-7-6-8-10-19/h6-11,14-15,18,20H,5,12-13H2,1-4H3,(H,23,24). The number of hydrogen-bond donors (Lipinski definition) is 1. The third-order valence-electron chi connectivity index (χ3n) is 4.36. The summed E-state index contributed by atoms with van der Waals surface area (Å²) in [6.07, 6.45) is 2.05. The fraction of sp³-hybridized carbons (Fsp3) is 0.409. The summed E-state index contributed by atoms with van der Waals surface area (Å²) in [4.78, 5) is 12.5. The van der Waals surface area contributed by atoms with E-state index in [1.807, 2.05) is 51.1 Å². The van der Waals surface area contributed by atoms with Gasteiger partial charge in [0, 0.05) is 6.04 Å². The molecule has 0 aromatic heterocycles. The Morgan fingerprint density at radius 1 is 1.12 bits per heavy atom. The van der Waals surface area contributed by atoms with Crippen molar-refractivity contribution in [3.05, 3.63) is 65.2 Å². The Hall–Kier alpha value is -2.29. The number of hydrogen-bond acceptors (Lipinski definition) is 2. The first-order valence-corrected chi connectivity index (χ1v) is 9.07. The van der Waals surface area contributed by atoms with Crippen molar-refractivity contribution < 1.29 is 9.53 Å².